The van der Waals surface area contributed by atoms with Gasteiger partial charge in [-0.25, -0.2) is 0 Å². The first-order valence-corrected chi connectivity index (χ1v) is 5.95. The summed E-state index contributed by atoms with van der Waals surface area (Å²) in [5.41, 5.74) is 7.02. The summed E-state index contributed by atoms with van der Waals surface area (Å²) in [7, 11) is 3.59. The van der Waals surface area contributed by atoms with Crippen molar-refractivity contribution in [3.63, 3.8) is 0 Å². The standard InChI is InChI=1S/C13H18N4O/c1-9(8-14)16(2)13(18)12-10-6-4-5-7-11(10)17(3)15-12/h4-7,9H,8,14H2,1-3H3. The highest BCUT2D eigenvalue weighted by atomic mass is 16.2. The Morgan fingerprint density at radius 3 is 2.83 bits per heavy atom. The van der Waals surface area contributed by atoms with Crippen molar-refractivity contribution in [2.45, 2.75) is 13.0 Å². The Labute approximate surface area is 106 Å². The molecule has 18 heavy (non-hydrogen) atoms. The van der Waals surface area contributed by atoms with Crippen LogP contribution in [0, 0.1) is 0 Å². The van der Waals surface area contributed by atoms with E-state index in [1.165, 1.54) is 0 Å². The van der Waals surface area contributed by atoms with Crippen LogP contribution in [0.15, 0.2) is 24.3 Å². The van der Waals surface area contributed by atoms with Gasteiger partial charge in [-0.3, -0.25) is 9.48 Å². The molecule has 2 rings (SSSR count). The molecule has 0 saturated carbocycles. The van der Waals surface area contributed by atoms with Crippen LogP contribution in [0.5, 0.6) is 0 Å². The summed E-state index contributed by atoms with van der Waals surface area (Å²) < 4.78 is 1.73. The van der Waals surface area contributed by atoms with Crippen molar-refractivity contribution in [1.29, 1.82) is 0 Å². The van der Waals surface area contributed by atoms with Gasteiger partial charge in [0.05, 0.1) is 5.52 Å². The van der Waals surface area contributed by atoms with Gasteiger partial charge in [0.2, 0.25) is 0 Å². The van der Waals surface area contributed by atoms with Crippen LogP contribution in [0.4, 0.5) is 0 Å². The minimum absolute atomic E-state index is 0.00160. The molecule has 1 aromatic heterocycles. The number of aryl methyl sites for hydroxylation is 1. The molecule has 0 aliphatic carbocycles. The number of benzene rings is 1. The molecule has 0 saturated heterocycles. The number of amides is 1. The average molecular weight is 246 g/mol. The maximum absolute atomic E-state index is 12.4. The fourth-order valence-corrected chi connectivity index (χ4v) is 1.90. The van der Waals surface area contributed by atoms with Crippen LogP contribution >= 0.6 is 0 Å². The summed E-state index contributed by atoms with van der Waals surface area (Å²) in [6.45, 7) is 2.36. The van der Waals surface area contributed by atoms with Crippen LogP contribution in [-0.2, 0) is 7.05 Å². The number of nitrogens with two attached hydrogens (primary N) is 1. The lowest BCUT2D eigenvalue weighted by atomic mass is 10.2. The van der Waals surface area contributed by atoms with E-state index in [-0.39, 0.29) is 11.9 Å². The van der Waals surface area contributed by atoms with Gasteiger partial charge in [-0.2, -0.15) is 5.10 Å². The number of hydrogen-bond donors (Lipinski definition) is 1. The van der Waals surface area contributed by atoms with Gasteiger partial charge in [-0.15, -0.1) is 0 Å². The smallest absolute Gasteiger partial charge is 0.275 e. The van der Waals surface area contributed by atoms with E-state index in [0.717, 1.165) is 10.9 Å². The second-order valence-corrected chi connectivity index (χ2v) is 4.49. The Morgan fingerprint density at radius 2 is 2.17 bits per heavy atom. The molecule has 0 aliphatic rings. The van der Waals surface area contributed by atoms with Crippen molar-refractivity contribution in [1.82, 2.24) is 14.7 Å². The van der Waals surface area contributed by atoms with E-state index in [1.54, 1.807) is 16.6 Å². The highest BCUT2D eigenvalue weighted by molar-refractivity contribution is 6.04. The topological polar surface area (TPSA) is 64.2 Å². The summed E-state index contributed by atoms with van der Waals surface area (Å²) in [4.78, 5) is 14.0. The molecule has 0 aliphatic heterocycles. The zero-order valence-corrected chi connectivity index (χ0v) is 10.9. The number of carbonyl (C=O) groups excluding carboxylic acids is 1. The number of carbonyl (C=O) groups is 1. The molecule has 1 aromatic carbocycles. The Kier molecular flexibility index (Phi) is 3.34. The Balaban J connectivity index is 2.45. The molecule has 1 atom stereocenters. The maximum Gasteiger partial charge on any atom is 0.275 e. The van der Waals surface area contributed by atoms with Gasteiger partial charge >= 0.3 is 0 Å². The molecule has 0 fully saturated rings. The van der Waals surface area contributed by atoms with Gasteiger partial charge in [0.1, 0.15) is 0 Å². The number of rotatable bonds is 3. The monoisotopic (exact) mass is 246 g/mol. The van der Waals surface area contributed by atoms with Gasteiger partial charge in [-0.1, -0.05) is 18.2 Å². The second kappa shape index (κ2) is 4.78. The first-order valence-electron chi connectivity index (χ1n) is 5.95. The lowest BCUT2D eigenvalue weighted by Crippen LogP contribution is -2.40. The largest absolute Gasteiger partial charge is 0.336 e. The molecular formula is C13H18N4O. The summed E-state index contributed by atoms with van der Waals surface area (Å²) in [6, 6.07) is 7.71. The maximum atomic E-state index is 12.4. The van der Waals surface area contributed by atoms with Crippen LogP contribution in [0.1, 0.15) is 17.4 Å². The lowest BCUT2D eigenvalue weighted by Gasteiger charge is -2.22. The van der Waals surface area contributed by atoms with E-state index in [0.29, 0.717) is 12.2 Å². The van der Waals surface area contributed by atoms with Crippen LogP contribution < -0.4 is 5.73 Å². The Bertz CT molecular complexity index is 575. The third-order valence-corrected chi connectivity index (χ3v) is 3.28. The molecule has 2 N–H and O–H groups in total. The van der Waals surface area contributed by atoms with Crippen molar-refractivity contribution >= 4 is 16.8 Å². The molecule has 0 radical (unpaired) electrons. The molecule has 1 unspecified atom stereocenters. The van der Waals surface area contributed by atoms with Gasteiger partial charge < -0.3 is 10.6 Å². The van der Waals surface area contributed by atoms with Gasteiger partial charge in [-0.05, 0) is 13.0 Å². The average Bonchev–Trinajstić information content (AvgIpc) is 2.74. The van der Waals surface area contributed by atoms with E-state index in [9.17, 15) is 4.79 Å². The minimum Gasteiger partial charge on any atom is -0.336 e. The van der Waals surface area contributed by atoms with E-state index in [2.05, 4.69) is 5.10 Å². The summed E-state index contributed by atoms with van der Waals surface area (Å²) in [6.07, 6.45) is 0. The summed E-state index contributed by atoms with van der Waals surface area (Å²) in [5, 5.41) is 5.19. The predicted molar refractivity (Wildman–Crippen MR) is 71.3 cm³/mol. The lowest BCUT2D eigenvalue weighted by molar-refractivity contribution is 0.0743. The number of aromatic nitrogens is 2. The van der Waals surface area contributed by atoms with E-state index in [1.807, 2.05) is 38.2 Å². The molecule has 1 heterocycles. The van der Waals surface area contributed by atoms with Gasteiger partial charge in [0.15, 0.2) is 5.69 Å². The number of hydrogen-bond acceptors (Lipinski definition) is 3. The van der Waals surface area contributed by atoms with Crippen LogP contribution in [0.25, 0.3) is 10.9 Å². The first kappa shape index (κ1) is 12.6. The highest BCUT2D eigenvalue weighted by Gasteiger charge is 2.21. The van der Waals surface area contributed by atoms with Crippen molar-refractivity contribution < 1.29 is 4.79 Å². The van der Waals surface area contributed by atoms with Gasteiger partial charge in [0, 0.05) is 32.1 Å². The number of likely N-dealkylation sites (N-methyl/N-ethyl adjacent to an activating group) is 1. The molecule has 5 heteroatoms. The normalized spacial score (nSPS) is 12.7. The van der Waals surface area contributed by atoms with E-state index >= 15 is 0 Å². The fourth-order valence-electron chi connectivity index (χ4n) is 1.90. The minimum atomic E-state index is -0.0928. The molecule has 0 spiro atoms. The second-order valence-electron chi connectivity index (χ2n) is 4.49. The quantitative estimate of drug-likeness (QED) is 0.878. The van der Waals surface area contributed by atoms with Crippen molar-refractivity contribution in [3.8, 4) is 0 Å². The fraction of sp³-hybridized carbons (Fsp3) is 0.385. The van der Waals surface area contributed by atoms with Gasteiger partial charge in [0.25, 0.3) is 5.91 Å². The first-order chi connectivity index (χ1) is 8.56. The molecule has 96 valence electrons. The van der Waals surface area contributed by atoms with Crippen molar-refractivity contribution in [2.75, 3.05) is 13.6 Å². The number of nitrogens with zero attached hydrogens (tertiary/aromatic N) is 3. The highest BCUT2D eigenvalue weighted by Crippen LogP contribution is 2.19. The van der Waals surface area contributed by atoms with Crippen LogP contribution in [-0.4, -0.2) is 40.2 Å². The molecular weight excluding hydrogens is 228 g/mol. The summed E-state index contributed by atoms with van der Waals surface area (Å²) >= 11 is 0. The third-order valence-electron chi connectivity index (χ3n) is 3.28. The zero-order valence-electron chi connectivity index (χ0n) is 10.9. The molecule has 5 nitrogen and oxygen atoms in total. The van der Waals surface area contributed by atoms with E-state index < -0.39 is 0 Å². The predicted octanol–water partition coefficient (Wildman–Crippen LogP) is 0.993. The third kappa shape index (κ3) is 1.97. The molecule has 2 aromatic rings. The van der Waals surface area contributed by atoms with Crippen LogP contribution in [0.2, 0.25) is 0 Å². The Morgan fingerprint density at radius 1 is 1.50 bits per heavy atom. The molecule has 0 bridgehead atoms. The zero-order chi connectivity index (χ0) is 13.3. The number of para-hydroxylation sites is 1. The number of fused-ring (bicyclic) bond motifs is 1. The van der Waals surface area contributed by atoms with Crippen molar-refractivity contribution in [3.05, 3.63) is 30.0 Å². The van der Waals surface area contributed by atoms with Crippen LogP contribution in [0.3, 0.4) is 0 Å². The SMILES string of the molecule is CC(CN)N(C)C(=O)c1nn(C)c2ccccc12. The molecule has 1 amide bonds. The van der Waals surface area contributed by atoms with E-state index in [4.69, 9.17) is 5.73 Å². The van der Waals surface area contributed by atoms with Crippen molar-refractivity contribution in [2.24, 2.45) is 12.8 Å². The Hall–Kier alpha value is -1.88. The summed E-state index contributed by atoms with van der Waals surface area (Å²) in [5.74, 6) is -0.0928.